The SMILES string of the molecule is CC(=O)c1c(C)[nH]c(-c2nc3ccc(N4CCN(C)CC4)cc3[nH]2)c1-c1ccccc1F. The lowest BCUT2D eigenvalue weighted by molar-refractivity contribution is 0.101. The average Bonchev–Trinajstić information content (AvgIpc) is 3.35. The molecule has 164 valence electrons. The number of aromatic nitrogens is 3. The highest BCUT2D eigenvalue weighted by Crippen LogP contribution is 2.38. The summed E-state index contributed by atoms with van der Waals surface area (Å²) < 4.78 is 14.7. The Morgan fingerprint density at radius 3 is 2.53 bits per heavy atom. The van der Waals surface area contributed by atoms with E-state index in [1.165, 1.54) is 13.0 Å². The standard InChI is InChI=1S/C25H26FN5O/c1-15-22(16(2)32)23(18-6-4-5-7-19(18)26)24(27-15)25-28-20-9-8-17(14-21(20)29-25)31-12-10-30(3)11-13-31/h4-9,14,27H,10-13H2,1-3H3,(H,28,29). The number of imidazole rings is 1. The lowest BCUT2D eigenvalue weighted by Gasteiger charge is -2.34. The molecule has 0 spiro atoms. The maximum atomic E-state index is 14.7. The maximum absolute atomic E-state index is 14.7. The summed E-state index contributed by atoms with van der Waals surface area (Å²) in [4.78, 5) is 28.6. The summed E-state index contributed by atoms with van der Waals surface area (Å²) in [5.74, 6) is 0.102. The van der Waals surface area contributed by atoms with Crippen molar-refractivity contribution in [2.45, 2.75) is 13.8 Å². The molecular formula is C25H26FN5O. The third-order valence-electron chi connectivity index (χ3n) is 6.25. The molecule has 6 nitrogen and oxygen atoms in total. The van der Waals surface area contributed by atoms with Gasteiger partial charge in [0, 0.05) is 54.3 Å². The second-order valence-electron chi connectivity index (χ2n) is 8.49. The average molecular weight is 432 g/mol. The van der Waals surface area contributed by atoms with Gasteiger partial charge in [-0.15, -0.1) is 0 Å². The van der Waals surface area contributed by atoms with Crippen LogP contribution >= 0.6 is 0 Å². The quantitative estimate of drug-likeness (QED) is 0.463. The van der Waals surface area contributed by atoms with Gasteiger partial charge in [0.05, 0.1) is 16.7 Å². The Balaban J connectivity index is 1.62. The van der Waals surface area contributed by atoms with Crippen molar-refractivity contribution < 1.29 is 9.18 Å². The van der Waals surface area contributed by atoms with Crippen molar-refractivity contribution in [2.75, 3.05) is 38.1 Å². The van der Waals surface area contributed by atoms with E-state index in [0.29, 0.717) is 33.9 Å². The number of anilines is 1. The van der Waals surface area contributed by atoms with Crippen LogP contribution < -0.4 is 4.90 Å². The number of halogens is 1. The molecule has 0 saturated carbocycles. The molecule has 32 heavy (non-hydrogen) atoms. The summed E-state index contributed by atoms with van der Waals surface area (Å²) in [6.45, 7) is 7.38. The van der Waals surface area contributed by atoms with Gasteiger partial charge < -0.3 is 19.8 Å². The number of nitrogens with one attached hydrogen (secondary N) is 2. The van der Waals surface area contributed by atoms with Crippen molar-refractivity contribution in [3.05, 3.63) is 59.5 Å². The Bertz CT molecular complexity index is 1310. The van der Waals surface area contributed by atoms with Gasteiger partial charge in [-0.2, -0.15) is 0 Å². The molecule has 2 aromatic carbocycles. The van der Waals surface area contributed by atoms with Crippen molar-refractivity contribution in [1.82, 2.24) is 19.9 Å². The minimum atomic E-state index is -0.372. The summed E-state index contributed by atoms with van der Waals surface area (Å²) >= 11 is 0. The van der Waals surface area contributed by atoms with Crippen LogP contribution in [0, 0.1) is 12.7 Å². The van der Waals surface area contributed by atoms with Crippen molar-refractivity contribution in [3.63, 3.8) is 0 Å². The number of likely N-dealkylation sites (N-methyl/N-ethyl adjacent to an activating group) is 1. The molecule has 1 fully saturated rings. The Hall–Kier alpha value is -3.45. The number of ketones is 1. The maximum Gasteiger partial charge on any atom is 0.162 e. The number of carbonyl (C=O) groups excluding carboxylic acids is 1. The monoisotopic (exact) mass is 431 g/mol. The molecule has 1 aliphatic heterocycles. The van der Waals surface area contributed by atoms with Gasteiger partial charge in [0.1, 0.15) is 5.82 Å². The van der Waals surface area contributed by atoms with Gasteiger partial charge in [0.25, 0.3) is 0 Å². The smallest absolute Gasteiger partial charge is 0.162 e. The van der Waals surface area contributed by atoms with Crippen LogP contribution in [0.1, 0.15) is 23.0 Å². The number of piperazine rings is 1. The van der Waals surface area contributed by atoms with E-state index in [-0.39, 0.29) is 11.6 Å². The summed E-state index contributed by atoms with van der Waals surface area (Å²) in [5.41, 5.74) is 5.63. The van der Waals surface area contributed by atoms with E-state index in [1.807, 2.05) is 13.0 Å². The minimum absolute atomic E-state index is 0.114. The van der Waals surface area contributed by atoms with Crippen LogP contribution in [0.5, 0.6) is 0 Å². The van der Waals surface area contributed by atoms with Gasteiger partial charge in [0.15, 0.2) is 11.6 Å². The van der Waals surface area contributed by atoms with E-state index < -0.39 is 0 Å². The number of aromatic amines is 2. The predicted molar refractivity (Wildman–Crippen MR) is 126 cm³/mol. The second kappa shape index (κ2) is 7.91. The first-order valence-electron chi connectivity index (χ1n) is 10.8. The van der Waals surface area contributed by atoms with Crippen molar-refractivity contribution in [2.24, 2.45) is 0 Å². The molecule has 4 aromatic rings. The number of hydrogen-bond acceptors (Lipinski definition) is 4. The summed E-state index contributed by atoms with van der Waals surface area (Å²) in [7, 11) is 2.14. The molecule has 7 heteroatoms. The van der Waals surface area contributed by atoms with Gasteiger partial charge in [0.2, 0.25) is 0 Å². The molecule has 2 aromatic heterocycles. The first kappa shape index (κ1) is 20.5. The molecule has 5 rings (SSSR count). The number of nitrogens with zero attached hydrogens (tertiary/aromatic N) is 3. The van der Waals surface area contributed by atoms with Crippen LogP contribution in [-0.2, 0) is 0 Å². The number of H-pyrrole nitrogens is 2. The number of rotatable bonds is 4. The molecule has 0 aliphatic carbocycles. The zero-order valence-corrected chi connectivity index (χ0v) is 18.5. The molecule has 0 radical (unpaired) electrons. The van der Waals surface area contributed by atoms with Crippen LogP contribution in [0.3, 0.4) is 0 Å². The Morgan fingerprint density at radius 2 is 1.81 bits per heavy atom. The van der Waals surface area contributed by atoms with Crippen LogP contribution in [0.2, 0.25) is 0 Å². The Labute approximate surface area is 186 Å². The third kappa shape index (κ3) is 3.48. The van der Waals surface area contributed by atoms with E-state index >= 15 is 0 Å². The highest BCUT2D eigenvalue weighted by atomic mass is 19.1. The van der Waals surface area contributed by atoms with Crippen molar-refractivity contribution >= 4 is 22.5 Å². The van der Waals surface area contributed by atoms with Crippen LogP contribution in [0.25, 0.3) is 33.7 Å². The molecule has 0 unspecified atom stereocenters. The van der Waals surface area contributed by atoms with Gasteiger partial charge in [-0.25, -0.2) is 9.37 Å². The Kier molecular flexibility index (Phi) is 5.06. The number of aryl methyl sites for hydroxylation is 1. The number of Topliss-reactive ketones (excluding diaryl/α,β-unsaturated/α-hetero) is 1. The highest BCUT2D eigenvalue weighted by molar-refractivity contribution is 6.05. The second-order valence-corrected chi connectivity index (χ2v) is 8.49. The lowest BCUT2D eigenvalue weighted by Crippen LogP contribution is -2.44. The van der Waals surface area contributed by atoms with Gasteiger partial charge >= 0.3 is 0 Å². The lowest BCUT2D eigenvalue weighted by atomic mass is 9.97. The van der Waals surface area contributed by atoms with Gasteiger partial charge in [-0.3, -0.25) is 4.79 Å². The third-order valence-corrected chi connectivity index (χ3v) is 6.25. The first-order chi connectivity index (χ1) is 15.4. The highest BCUT2D eigenvalue weighted by Gasteiger charge is 2.25. The summed E-state index contributed by atoms with van der Waals surface area (Å²) in [6.07, 6.45) is 0. The van der Waals surface area contributed by atoms with Crippen LogP contribution in [0.15, 0.2) is 42.5 Å². The topological polar surface area (TPSA) is 68.0 Å². The molecule has 1 saturated heterocycles. The van der Waals surface area contributed by atoms with E-state index in [4.69, 9.17) is 4.98 Å². The summed E-state index contributed by atoms with van der Waals surface area (Å²) in [5, 5.41) is 0. The number of benzene rings is 2. The summed E-state index contributed by atoms with van der Waals surface area (Å²) in [6, 6.07) is 12.7. The fourth-order valence-corrected chi connectivity index (χ4v) is 4.55. The fourth-order valence-electron chi connectivity index (χ4n) is 4.55. The molecule has 1 aliphatic rings. The van der Waals surface area contributed by atoms with Crippen molar-refractivity contribution in [1.29, 1.82) is 0 Å². The number of carbonyl (C=O) groups is 1. The molecule has 0 atom stereocenters. The van der Waals surface area contributed by atoms with Gasteiger partial charge in [-0.05, 0) is 45.2 Å². The fraction of sp³-hybridized carbons (Fsp3) is 0.280. The zero-order valence-electron chi connectivity index (χ0n) is 18.5. The normalized spacial score (nSPS) is 14.9. The van der Waals surface area contributed by atoms with E-state index in [0.717, 1.165) is 42.9 Å². The molecule has 2 N–H and O–H groups in total. The van der Waals surface area contributed by atoms with Crippen molar-refractivity contribution in [3.8, 4) is 22.6 Å². The van der Waals surface area contributed by atoms with E-state index in [2.05, 4.69) is 38.9 Å². The van der Waals surface area contributed by atoms with E-state index in [1.54, 1.807) is 18.2 Å². The molecule has 3 heterocycles. The molecule has 0 bridgehead atoms. The number of hydrogen-bond donors (Lipinski definition) is 2. The number of fused-ring (bicyclic) bond motifs is 1. The van der Waals surface area contributed by atoms with Gasteiger partial charge in [-0.1, -0.05) is 18.2 Å². The minimum Gasteiger partial charge on any atom is -0.369 e. The first-order valence-corrected chi connectivity index (χ1v) is 10.8. The molecule has 0 amide bonds. The zero-order chi connectivity index (χ0) is 22.4. The Morgan fingerprint density at radius 1 is 1.06 bits per heavy atom. The van der Waals surface area contributed by atoms with E-state index in [9.17, 15) is 9.18 Å². The van der Waals surface area contributed by atoms with Crippen LogP contribution in [-0.4, -0.2) is 58.9 Å². The predicted octanol–water partition coefficient (Wildman–Crippen LogP) is 4.63. The largest absolute Gasteiger partial charge is 0.369 e. The molecular weight excluding hydrogens is 405 g/mol. The van der Waals surface area contributed by atoms with Crippen LogP contribution in [0.4, 0.5) is 10.1 Å².